The first-order chi connectivity index (χ1) is 11.2. The number of ether oxygens (including phenoxy) is 1. The minimum Gasteiger partial charge on any atom is -0.444 e. The van der Waals surface area contributed by atoms with Crippen LogP contribution in [0.4, 0.5) is 9.18 Å². The molecule has 0 aromatic heterocycles. The number of halogens is 1. The number of carbonyl (C=O) groups excluding carboxylic acids is 2. The third-order valence-electron chi connectivity index (χ3n) is 3.87. The molecule has 1 aliphatic rings. The number of rotatable bonds is 3. The van der Waals surface area contributed by atoms with Gasteiger partial charge >= 0.3 is 6.09 Å². The molecule has 0 aliphatic carbocycles. The summed E-state index contributed by atoms with van der Waals surface area (Å²) < 4.78 is 18.5. The Kier molecular flexibility index (Phi) is 5.80. The van der Waals surface area contributed by atoms with E-state index in [1.165, 1.54) is 12.1 Å². The number of hydrogen-bond acceptors (Lipinski definition) is 3. The summed E-state index contributed by atoms with van der Waals surface area (Å²) in [6.45, 7) is 6.81. The van der Waals surface area contributed by atoms with Gasteiger partial charge in [0.05, 0.1) is 0 Å². The summed E-state index contributed by atoms with van der Waals surface area (Å²) in [7, 11) is 0. The molecular formula is C18H25FN2O3. The van der Waals surface area contributed by atoms with Crippen LogP contribution in [0.3, 0.4) is 0 Å². The molecule has 1 saturated heterocycles. The molecule has 1 heterocycles. The maximum Gasteiger partial charge on any atom is 0.410 e. The Hall–Kier alpha value is -2.11. The molecule has 1 aliphatic heterocycles. The van der Waals surface area contributed by atoms with Gasteiger partial charge in [-0.05, 0) is 51.3 Å². The van der Waals surface area contributed by atoms with Crippen LogP contribution in [0.25, 0.3) is 0 Å². The van der Waals surface area contributed by atoms with Crippen molar-refractivity contribution in [3.63, 3.8) is 0 Å². The fraction of sp³-hybridized carbons (Fsp3) is 0.556. The lowest BCUT2D eigenvalue weighted by atomic mass is 9.96. The van der Waals surface area contributed by atoms with E-state index < -0.39 is 5.60 Å². The lowest BCUT2D eigenvalue weighted by Gasteiger charge is -2.32. The van der Waals surface area contributed by atoms with Crippen molar-refractivity contribution >= 4 is 12.0 Å². The molecule has 1 aromatic carbocycles. The van der Waals surface area contributed by atoms with E-state index in [1.807, 2.05) is 20.8 Å². The average molecular weight is 336 g/mol. The van der Waals surface area contributed by atoms with Crippen molar-refractivity contribution in [1.82, 2.24) is 10.2 Å². The van der Waals surface area contributed by atoms with Crippen LogP contribution in [0.5, 0.6) is 0 Å². The van der Waals surface area contributed by atoms with Gasteiger partial charge in [0, 0.05) is 25.6 Å². The van der Waals surface area contributed by atoms with Gasteiger partial charge < -0.3 is 15.0 Å². The number of hydrogen-bond donors (Lipinski definition) is 1. The van der Waals surface area contributed by atoms with E-state index in [0.717, 1.165) is 5.56 Å². The molecule has 1 aromatic rings. The number of amides is 2. The zero-order valence-corrected chi connectivity index (χ0v) is 14.5. The normalized spacial score (nSPS) is 15.9. The van der Waals surface area contributed by atoms with Gasteiger partial charge in [-0.2, -0.15) is 0 Å². The monoisotopic (exact) mass is 336 g/mol. The lowest BCUT2D eigenvalue weighted by molar-refractivity contribution is -0.126. The van der Waals surface area contributed by atoms with Crippen molar-refractivity contribution in [3.05, 3.63) is 35.6 Å². The van der Waals surface area contributed by atoms with Gasteiger partial charge in [0.25, 0.3) is 0 Å². The minimum absolute atomic E-state index is 0.0527. The van der Waals surface area contributed by atoms with Gasteiger partial charge in [0.1, 0.15) is 11.4 Å². The average Bonchev–Trinajstić information content (AvgIpc) is 2.51. The van der Waals surface area contributed by atoms with E-state index in [9.17, 15) is 14.0 Å². The molecule has 2 amide bonds. The highest BCUT2D eigenvalue weighted by atomic mass is 19.1. The summed E-state index contributed by atoms with van der Waals surface area (Å²) in [5, 5.41) is 2.84. The second-order valence-electron chi connectivity index (χ2n) is 7.09. The second-order valence-corrected chi connectivity index (χ2v) is 7.09. The molecule has 0 bridgehead atoms. The van der Waals surface area contributed by atoms with E-state index in [1.54, 1.807) is 17.0 Å². The van der Waals surface area contributed by atoms with E-state index in [2.05, 4.69) is 5.32 Å². The second kappa shape index (κ2) is 7.64. The fourth-order valence-electron chi connectivity index (χ4n) is 2.63. The molecule has 0 radical (unpaired) electrons. The number of likely N-dealkylation sites (tertiary alicyclic amines) is 1. The molecule has 0 atom stereocenters. The maximum absolute atomic E-state index is 13.1. The van der Waals surface area contributed by atoms with Gasteiger partial charge in [0.2, 0.25) is 5.91 Å². The fourth-order valence-corrected chi connectivity index (χ4v) is 2.63. The standard InChI is InChI=1S/C18H25FN2O3/c1-18(2,3)24-17(23)21-9-7-14(8-10-21)16(22)20-12-13-5-4-6-15(19)11-13/h4-6,11,14H,7-10,12H2,1-3H3,(H,20,22). The number of carbonyl (C=O) groups is 2. The van der Waals surface area contributed by atoms with Gasteiger partial charge in [-0.1, -0.05) is 12.1 Å². The number of piperidine rings is 1. The Morgan fingerprint density at radius 1 is 1.29 bits per heavy atom. The summed E-state index contributed by atoms with van der Waals surface area (Å²) in [4.78, 5) is 25.9. The quantitative estimate of drug-likeness (QED) is 0.923. The summed E-state index contributed by atoms with van der Waals surface area (Å²) >= 11 is 0. The van der Waals surface area contributed by atoms with E-state index >= 15 is 0 Å². The predicted octanol–water partition coefficient (Wildman–Crippen LogP) is 3.09. The van der Waals surface area contributed by atoms with Crippen LogP contribution in [0.2, 0.25) is 0 Å². The zero-order chi connectivity index (χ0) is 17.7. The number of nitrogens with zero attached hydrogens (tertiary/aromatic N) is 1. The molecule has 0 saturated carbocycles. The van der Waals surface area contributed by atoms with Crippen molar-refractivity contribution in [3.8, 4) is 0 Å². The van der Waals surface area contributed by atoms with Crippen LogP contribution >= 0.6 is 0 Å². The van der Waals surface area contributed by atoms with Crippen molar-refractivity contribution in [2.24, 2.45) is 5.92 Å². The summed E-state index contributed by atoms with van der Waals surface area (Å²) in [5.74, 6) is -0.493. The zero-order valence-electron chi connectivity index (χ0n) is 14.5. The molecule has 1 N–H and O–H groups in total. The van der Waals surface area contributed by atoms with Crippen LogP contribution in [-0.2, 0) is 16.1 Å². The topological polar surface area (TPSA) is 58.6 Å². The van der Waals surface area contributed by atoms with Crippen LogP contribution in [0.15, 0.2) is 24.3 Å². The largest absolute Gasteiger partial charge is 0.444 e. The third kappa shape index (κ3) is 5.51. The smallest absolute Gasteiger partial charge is 0.410 e. The van der Waals surface area contributed by atoms with Crippen LogP contribution < -0.4 is 5.32 Å². The molecule has 132 valence electrons. The first-order valence-corrected chi connectivity index (χ1v) is 8.25. The van der Waals surface area contributed by atoms with Crippen molar-refractivity contribution in [2.75, 3.05) is 13.1 Å². The molecule has 24 heavy (non-hydrogen) atoms. The molecule has 5 nitrogen and oxygen atoms in total. The van der Waals surface area contributed by atoms with E-state index in [-0.39, 0.29) is 23.7 Å². The summed E-state index contributed by atoms with van der Waals surface area (Å²) in [6, 6.07) is 6.17. The Bertz CT molecular complexity index is 590. The number of benzene rings is 1. The minimum atomic E-state index is -0.518. The van der Waals surface area contributed by atoms with Gasteiger partial charge in [-0.3, -0.25) is 4.79 Å². The Morgan fingerprint density at radius 3 is 2.54 bits per heavy atom. The molecular weight excluding hydrogens is 311 g/mol. The van der Waals surface area contributed by atoms with Gasteiger partial charge in [-0.15, -0.1) is 0 Å². The van der Waals surface area contributed by atoms with Gasteiger partial charge in [-0.25, -0.2) is 9.18 Å². The van der Waals surface area contributed by atoms with Gasteiger partial charge in [0.15, 0.2) is 0 Å². The highest BCUT2D eigenvalue weighted by Gasteiger charge is 2.29. The summed E-state index contributed by atoms with van der Waals surface area (Å²) in [6.07, 6.45) is 0.878. The SMILES string of the molecule is CC(C)(C)OC(=O)N1CCC(C(=O)NCc2cccc(F)c2)CC1. The molecule has 0 spiro atoms. The third-order valence-corrected chi connectivity index (χ3v) is 3.87. The highest BCUT2D eigenvalue weighted by molar-refractivity contribution is 5.79. The maximum atomic E-state index is 13.1. The van der Waals surface area contributed by atoms with E-state index in [0.29, 0.717) is 32.5 Å². The molecule has 1 fully saturated rings. The Morgan fingerprint density at radius 2 is 1.96 bits per heavy atom. The lowest BCUT2D eigenvalue weighted by Crippen LogP contribution is -2.44. The van der Waals surface area contributed by atoms with Crippen molar-refractivity contribution in [2.45, 2.75) is 45.8 Å². The first kappa shape index (κ1) is 18.2. The predicted molar refractivity (Wildman–Crippen MR) is 88.8 cm³/mol. The van der Waals surface area contributed by atoms with Crippen LogP contribution in [0.1, 0.15) is 39.2 Å². The van der Waals surface area contributed by atoms with Crippen molar-refractivity contribution in [1.29, 1.82) is 0 Å². The summed E-state index contributed by atoms with van der Waals surface area (Å²) in [5.41, 5.74) is 0.213. The molecule has 2 rings (SSSR count). The highest BCUT2D eigenvalue weighted by Crippen LogP contribution is 2.20. The molecule has 6 heteroatoms. The Balaban J connectivity index is 1.77. The Labute approximate surface area is 142 Å². The van der Waals surface area contributed by atoms with Crippen LogP contribution in [0, 0.1) is 11.7 Å². The van der Waals surface area contributed by atoms with Crippen LogP contribution in [-0.4, -0.2) is 35.6 Å². The number of nitrogens with one attached hydrogen (secondary N) is 1. The van der Waals surface area contributed by atoms with E-state index in [4.69, 9.17) is 4.74 Å². The van der Waals surface area contributed by atoms with Crippen molar-refractivity contribution < 1.29 is 18.7 Å². The molecule has 0 unspecified atom stereocenters. The first-order valence-electron chi connectivity index (χ1n) is 8.25.